The third kappa shape index (κ3) is 2.45. The van der Waals surface area contributed by atoms with Gasteiger partial charge in [0.25, 0.3) is 5.56 Å². The van der Waals surface area contributed by atoms with Crippen LogP contribution in [0.1, 0.15) is 31.0 Å². The number of fused-ring (bicyclic) bond motifs is 1. The zero-order valence-electron chi connectivity index (χ0n) is 12.9. The maximum Gasteiger partial charge on any atom is 0.253 e. The molecule has 0 bridgehead atoms. The topological polar surface area (TPSA) is 101 Å². The lowest BCUT2D eigenvalue weighted by Gasteiger charge is -2.42. The van der Waals surface area contributed by atoms with E-state index < -0.39 is 17.7 Å². The SMILES string of the molecule is CC1(C)Oc2ccc(C#N)cc2C(n2ccc(N)cc2=O)[C@@H]1O. The minimum Gasteiger partial charge on any atom is -0.485 e. The van der Waals surface area contributed by atoms with Gasteiger partial charge in [0.1, 0.15) is 17.5 Å². The number of hydrogen-bond donors (Lipinski definition) is 2. The first-order chi connectivity index (χ1) is 10.8. The van der Waals surface area contributed by atoms with Crippen LogP contribution in [0, 0.1) is 11.3 Å². The lowest BCUT2D eigenvalue weighted by Crippen LogP contribution is -2.52. The molecule has 0 fully saturated rings. The van der Waals surface area contributed by atoms with Crippen molar-refractivity contribution in [3.63, 3.8) is 0 Å². The highest BCUT2D eigenvalue weighted by atomic mass is 16.5. The fourth-order valence-corrected chi connectivity index (χ4v) is 2.87. The largest absolute Gasteiger partial charge is 0.485 e. The third-order valence-corrected chi connectivity index (χ3v) is 4.11. The molecule has 23 heavy (non-hydrogen) atoms. The van der Waals surface area contributed by atoms with Crippen molar-refractivity contribution in [1.29, 1.82) is 5.26 Å². The monoisotopic (exact) mass is 311 g/mol. The predicted molar refractivity (Wildman–Crippen MR) is 85.1 cm³/mol. The molecule has 118 valence electrons. The van der Waals surface area contributed by atoms with Crippen molar-refractivity contribution in [2.45, 2.75) is 31.6 Å². The van der Waals surface area contributed by atoms with Gasteiger partial charge in [0, 0.05) is 23.5 Å². The molecule has 2 aromatic rings. The Kier molecular flexibility index (Phi) is 3.38. The Balaban J connectivity index is 2.26. The summed E-state index contributed by atoms with van der Waals surface area (Å²) >= 11 is 0. The lowest BCUT2D eigenvalue weighted by molar-refractivity contribution is -0.0642. The first-order valence-electron chi connectivity index (χ1n) is 7.22. The van der Waals surface area contributed by atoms with Crippen molar-refractivity contribution >= 4 is 5.69 Å². The summed E-state index contributed by atoms with van der Waals surface area (Å²) in [5.74, 6) is 0.549. The van der Waals surface area contributed by atoms with Crippen LogP contribution in [-0.4, -0.2) is 21.4 Å². The zero-order valence-corrected chi connectivity index (χ0v) is 12.9. The average Bonchev–Trinajstić information content (AvgIpc) is 2.49. The van der Waals surface area contributed by atoms with Crippen LogP contribution in [0.5, 0.6) is 5.75 Å². The number of hydrogen-bond acceptors (Lipinski definition) is 5. The standard InChI is InChI=1S/C17H17N3O3/c1-17(2)16(22)15(20-6-5-11(19)8-14(20)21)12-7-10(9-18)3-4-13(12)23-17/h3-8,15-16,22H,19H2,1-2H3/t15?,16-/m0/s1. The molecular formula is C17H17N3O3. The summed E-state index contributed by atoms with van der Waals surface area (Å²) in [6.07, 6.45) is 0.584. The number of nitriles is 1. The summed E-state index contributed by atoms with van der Waals surface area (Å²) in [6, 6.07) is 9.30. The summed E-state index contributed by atoms with van der Waals surface area (Å²) in [5, 5.41) is 19.9. The van der Waals surface area contributed by atoms with Gasteiger partial charge in [-0.2, -0.15) is 5.26 Å². The van der Waals surface area contributed by atoms with Crippen LogP contribution in [0.4, 0.5) is 5.69 Å². The van der Waals surface area contributed by atoms with Crippen molar-refractivity contribution in [2.24, 2.45) is 0 Å². The maximum absolute atomic E-state index is 12.3. The van der Waals surface area contributed by atoms with Crippen LogP contribution in [0.2, 0.25) is 0 Å². The molecule has 1 aromatic heterocycles. The minimum atomic E-state index is -0.967. The molecule has 3 rings (SSSR count). The number of nitrogen functional groups attached to an aromatic ring is 1. The van der Waals surface area contributed by atoms with Crippen LogP contribution >= 0.6 is 0 Å². The first kappa shape index (κ1) is 15.1. The fraction of sp³-hybridized carbons (Fsp3) is 0.294. The van der Waals surface area contributed by atoms with Crippen LogP contribution in [0.3, 0.4) is 0 Å². The van der Waals surface area contributed by atoms with Gasteiger partial charge in [-0.15, -0.1) is 0 Å². The molecule has 3 N–H and O–H groups in total. The van der Waals surface area contributed by atoms with Gasteiger partial charge in [0.05, 0.1) is 17.7 Å². The average molecular weight is 311 g/mol. The van der Waals surface area contributed by atoms with Gasteiger partial charge >= 0.3 is 0 Å². The van der Waals surface area contributed by atoms with Gasteiger partial charge in [-0.25, -0.2) is 0 Å². The summed E-state index contributed by atoms with van der Waals surface area (Å²) < 4.78 is 7.27. The molecule has 0 saturated heterocycles. The molecule has 6 heteroatoms. The number of rotatable bonds is 1. The van der Waals surface area contributed by atoms with Gasteiger partial charge in [0.2, 0.25) is 0 Å². The number of benzene rings is 1. The molecule has 1 unspecified atom stereocenters. The molecule has 2 heterocycles. The van der Waals surface area contributed by atoms with Gasteiger partial charge in [0.15, 0.2) is 0 Å². The van der Waals surface area contributed by atoms with Crippen molar-refractivity contribution in [3.8, 4) is 11.8 Å². The molecular weight excluding hydrogens is 294 g/mol. The highest BCUT2D eigenvalue weighted by molar-refractivity contribution is 5.47. The van der Waals surface area contributed by atoms with E-state index in [4.69, 9.17) is 15.7 Å². The molecule has 2 atom stereocenters. The molecule has 0 spiro atoms. The second-order valence-corrected chi connectivity index (χ2v) is 6.17. The van der Waals surface area contributed by atoms with E-state index in [0.717, 1.165) is 0 Å². The van der Waals surface area contributed by atoms with E-state index in [2.05, 4.69) is 6.07 Å². The smallest absolute Gasteiger partial charge is 0.253 e. The minimum absolute atomic E-state index is 0.319. The Morgan fingerprint density at radius 2 is 2.09 bits per heavy atom. The van der Waals surface area contributed by atoms with E-state index in [1.54, 1.807) is 44.3 Å². The second-order valence-electron chi connectivity index (χ2n) is 6.17. The van der Waals surface area contributed by atoms with E-state index >= 15 is 0 Å². The summed E-state index contributed by atoms with van der Waals surface area (Å²) in [5.41, 5.74) is 5.84. The van der Waals surface area contributed by atoms with Crippen LogP contribution in [0.15, 0.2) is 41.3 Å². The zero-order chi connectivity index (χ0) is 16.8. The number of anilines is 1. The number of ether oxygens (including phenoxy) is 1. The normalized spacial score (nSPS) is 21.8. The van der Waals surface area contributed by atoms with E-state index in [-0.39, 0.29) is 5.56 Å². The van der Waals surface area contributed by atoms with Gasteiger partial charge in [-0.1, -0.05) is 0 Å². The Hall–Kier alpha value is -2.78. The number of pyridine rings is 1. The number of nitrogens with two attached hydrogens (primary N) is 1. The predicted octanol–water partition coefficient (Wildman–Crippen LogP) is 1.42. The van der Waals surface area contributed by atoms with E-state index in [9.17, 15) is 9.90 Å². The molecule has 0 aliphatic carbocycles. The van der Waals surface area contributed by atoms with Crippen LogP contribution in [0.25, 0.3) is 0 Å². The third-order valence-electron chi connectivity index (χ3n) is 4.11. The molecule has 1 aromatic carbocycles. The molecule has 1 aliphatic rings. The van der Waals surface area contributed by atoms with Gasteiger partial charge in [-0.3, -0.25) is 4.79 Å². The summed E-state index contributed by atoms with van der Waals surface area (Å²) in [4.78, 5) is 12.3. The highest BCUT2D eigenvalue weighted by Gasteiger charge is 2.44. The van der Waals surface area contributed by atoms with E-state index in [1.165, 1.54) is 10.6 Å². The van der Waals surface area contributed by atoms with Crippen LogP contribution in [-0.2, 0) is 0 Å². The van der Waals surface area contributed by atoms with Crippen molar-refractivity contribution in [1.82, 2.24) is 4.57 Å². The fourth-order valence-electron chi connectivity index (χ4n) is 2.87. The van der Waals surface area contributed by atoms with Crippen molar-refractivity contribution in [2.75, 3.05) is 5.73 Å². The molecule has 1 aliphatic heterocycles. The molecule has 0 amide bonds. The molecule has 0 saturated carbocycles. The molecule has 0 radical (unpaired) electrons. The van der Waals surface area contributed by atoms with Crippen molar-refractivity contribution in [3.05, 3.63) is 58.0 Å². The Bertz CT molecular complexity index is 864. The Labute approximate surface area is 133 Å². The number of aliphatic hydroxyl groups is 1. The first-order valence-corrected chi connectivity index (χ1v) is 7.22. The lowest BCUT2D eigenvalue weighted by atomic mass is 9.85. The van der Waals surface area contributed by atoms with Crippen LogP contribution < -0.4 is 16.0 Å². The number of aliphatic hydroxyl groups excluding tert-OH is 1. The molecule has 6 nitrogen and oxygen atoms in total. The van der Waals surface area contributed by atoms with Gasteiger partial charge < -0.3 is 20.1 Å². The summed E-state index contributed by atoms with van der Waals surface area (Å²) in [7, 11) is 0. The van der Waals surface area contributed by atoms with Crippen molar-refractivity contribution < 1.29 is 9.84 Å². The quantitative estimate of drug-likeness (QED) is 0.829. The van der Waals surface area contributed by atoms with E-state index in [0.29, 0.717) is 22.6 Å². The Morgan fingerprint density at radius 1 is 1.35 bits per heavy atom. The number of nitrogens with zero attached hydrogens (tertiary/aromatic N) is 2. The highest BCUT2D eigenvalue weighted by Crippen LogP contribution is 2.41. The van der Waals surface area contributed by atoms with Gasteiger partial charge in [-0.05, 0) is 38.1 Å². The van der Waals surface area contributed by atoms with E-state index in [1.807, 2.05) is 0 Å². The number of aromatic nitrogens is 1. The second kappa shape index (κ2) is 5.14. The Morgan fingerprint density at radius 3 is 2.74 bits per heavy atom. The maximum atomic E-state index is 12.3. The summed E-state index contributed by atoms with van der Waals surface area (Å²) in [6.45, 7) is 3.52.